The Labute approximate surface area is 85.8 Å². The molecule has 72 valence electrons. The molecular formula is C10H10N2OS. The molecule has 1 amide bonds. The third-order valence-corrected chi connectivity index (χ3v) is 3.84. The average Bonchev–Trinajstić information content (AvgIpc) is 2.65. The highest BCUT2D eigenvalue weighted by Crippen LogP contribution is 2.32. The highest BCUT2D eigenvalue weighted by molar-refractivity contribution is 7.10. The van der Waals surface area contributed by atoms with Crippen molar-refractivity contribution in [2.24, 2.45) is 11.0 Å². The van der Waals surface area contributed by atoms with Crippen LogP contribution in [-0.2, 0) is 11.2 Å². The quantitative estimate of drug-likeness (QED) is 0.687. The summed E-state index contributed by atoms with van der Waals surface area (Å²) in [6.45, 7) is 0. The van der Waals surface area contributed by atoms with E-state index in [2.05, 4.69) is 22.0 Å². The number of rotatable bonds is 0. The lowest BCUT2D eigenvalue weighted by Crippen LogP contribution is -2.35. The number of hydrogen-bond donors (Lipinski definition) is 1. The molecule has 1 aromatic rings. The van der Waals surface area contributed by atoms with E-state index >= 15 is 0 Å². The number of hydrogen-bond acceptors (Lipinski definition) is 3. The molecule has 2 heterocycles. The summed E-state index contributed by atoms with van der Waals surface area (Å²) in [5.74, 6) is 0.406. The van der Waals surface area contributed by atoms with Crippen LogP contribution in [-0.4, -0.2) is 11.6 Å². The molecule has 1 atom stereocenters. The van der Waals surface area contributed by atoms with Crippen molar-refractivity contribution in [2.45, 2.75) is 19.3 Å². The Kier molecular flexibility index (Phi) is 1.70. The summed E-state index contributed by atoms with van der Waals surface area (Å²) in [5.41, 5.74) is 4.91. The zero-order valence-electron chi connectivity index (χ0n) is 7.62. The summed E-state index contributed by atoms with van der Waals surface area (Å²) >= 11 is 1.79. The molecule has 4 heteroatoms. The second kappa shape index (κ2) is 2.92. The van der Waals surface area contributed by atoms with Gasteiger partial charge in [0, 0.05) is 22.8 Å². The van der Waals surface area contributed by atoms with Crippen molar-refractivity contribution in [1.29, 1.82) is 0 Å². The van der Waals surface area contributed by atoms with Crippen LogP contribution in [0.4, 0.5) is 0 Å². The van der Waals surface area contributed by atoms with E-state index in [1.54, 1.807) is 11.3 Å². The molecule has 1 N–H and O–H groups in total. The van der Waals surface area contributed by atoms with Crippen LogP contribution in [0.2, 0.25) is 0 Å². The summed E-state index contributed by atoms with van der Waals surface area (Å²) < 4.78 is 0. The molecule has 1 aliphatic carbocycles. The fourth-order valence-corrected chi connectivity index (χ4v) is 3.07. The SMILES string of the molecule is O=C1CC2CCc3sccc3C2=NN1. The maximum Gasteiger partial charge on any atom is 0.240 e. The molecule has 0 fully saturated rings. The molecule has 1 aliphatic heterocycles. The van der Waals surface area contributed by atoms with Crippen LogP contribution in [0.15, 0.2) is 16.5 Å². The van der Waals surface area contributed by atoms with Crippen molar-refractivity contribution < 1.29 is 4.79 Å². The van der Waals surface area contributed by atoms with Gasteiger partial charge in [0.1, 0.15) is 0 Å². The largest absolute Gasteiger partial charge is 0.273 e. The molecule has 3 nitrogen and oxygen atoms in total. The van der Waals surface area contributed by atoms with Gasteiger partial charge in [-0.25, -0.2) is 5.43 Å². The van der Waals surface area contributed by atoms with E-state index in [4.69, 9.17) is 0 Å². The molecule has 0 bridgehead atoms. The molecule has 0 aromatic carbocycles. The summed E-state index contributed by atoms with van der Waals surface area (Å²) in [6.07, 6.45) is 2.78. The first-order valence-electron chi connectivity index (χ1n) is 4.78. The fourth-order valence-electron chi connectivity index (χ4n) is 2.17. The number of hydrazone groups is 1. The number of amides is 1. The number of nitrogens with one attached hydrogen (secondary N) is 1. The van der Waals surface area contributed by atoms with Gasteiger partial charge in [0.25, 0.3) is 0 Å². The first kappa shape index (κ1) is 8.17. The summed E-state index contributed by atoms with van der Waals surface area (Å²) in [4.78, 5) is 12.6. The predicted molar refractivity (Wildman–Crippen MR) is 55.4 cm³/mol. The van der Waals surface area contributed by atoms with Gasteiger partial charge in [0.2, 0.25) is 5.91 Å². The van der Waals surface area contributed by atoms with Crippen LogP contribution in [0.25, 0.3) is 0 Å². The van der Waals surface area contributed by atoms with E-state index in [0.717, 1.165) is 18.6 Å². The zero-order valence-corrected chi connectivity index (χ0v) is 8.43. The topological polar surface area (TPSA) is 41.5 Å². The number of fused-ring (bicyclic) bond motifs is 3. The Hall–Kier alpha value is -1.16. The molecule has 3 rings (SSSR count). The van der Waals surface area contributed by atoms with Gasteiger partial charge < -0.3 is 0 Å². The van der Waals surface area contributed by atoms with Gasteiger partial charge in [-0.2, -0.15) is 5.10 Å². The molecular weight excluding hydrogens is 196 g/mol. The van der Waals surface area contributed by atoms with E-state index in [0.29, 0.717) is 12.3 Å². The predicted octanol–water partition coefficient (Wildman–Crippen LogP) is 1.53. The summed E-state index contributed by atoms with van der Waals surface area (Å²) in [6, 6.07) is 2.11. The van der Waals surface area contributed by atoms with Crippen molar-refractivity contribution >= 4 is 23.0 Å². The van der Waals surface area contributed by atoms with Crippen LogP contribution in [0.1, 0.15) is 23.3 Å². The van der Waals surface area contributed by atoms with Gasteiger partial charge in [-0.3, -0.25) is 4.79 Å². The summed E-state index contributed by atoms with van der Waals surface area (Å²) in [7, 11) is 0. The maximum atomic E-state index is 11.2. The van der Waals surface area contributed by atoms with Crippen LogP contribution in [0.3, 0.4) is 0 Å². The maximum absolute atomic E-state index is 11.2. The first-order chi connectivity index (χ1) is 6.84. The number of carbonyl (C=O) groups is 1. The number of nitrogens with zero attached hydrogens (tertiary/aromatic N) is 1. The van der Waals surface area contributed by atoms with E-state index in [9.17, 15) is 4.79 Å². The number of aryl methyl sites for hydroxylation is 1. The highest BCUT2D eigenvalue weighted by atomic mass is 32.1. The van der Waals surface area contributed by atoms with E-state index in [1.807, 2.05) is 0 Å². The Morgan fingerprint density at radius 2 is 2.50 bits per heavy atom. The number of carbonyl (C=O) groups excluding carboxylic acids is 1. The normalized spacial score (nSPS) is 24.7. The van der Waals surface area contributed by atoms with Gasteiger partial charge in [0.05, 0.1) is 5.71 Å². The lowest BCUT2D eigenvalue weighted by molar-refractivity contribution is -0.122. The molecule has 0 saturated carbocycles. The standard InChI is InChI=1S/C10H10N2OS/c13-9-5-6-1-2-8-7(3-4-14-8)10(6)12-11-9/h3-4,6H,1-2,5H2,(H,11,13). The molecule has 0 saturated heterocycles. The number of thiophene rings is 1. The molecule has 2 aliphatic rings. The van der Waals surface area contributed by atoms with Crippen LogP contribution >= 0.6 is 11.3 Å². The minimum absolute atomic E-state index is 0.0532. The van der Waals surface area contributed by atoms with Gasteiger partial charge in [-0.15, -0.1) is 11.3 Å². The minimum Gasteiger partial charge on any atom is -0.273 e. The van der Waals surface area contributed by atoms with Crippen molar-refractivity contribution in [3.05, 3.63) is 21.9 Å². The van der Waals surface area contributed by atoms with E-state index < -0.39 is 0 Å². The molecule has 14 heavy (non-hydrogen) atoms. The first-order valence-corrected chi connectivity index (χ1v) is 5.66. The lowest BCUT2D eigenvalue weighted by Gasteiger charge is -2.26. The van der Waals surface area contributed by atoms with E-state index in [-0.39, 0.29) is 5.91 Å². The monoisotopic (exact) mass is 206 g/mol. The van der Waals surface area contributed by atoms with Crippen molar-refractivity contribution in [1.82, 2.24) is 5.43 Å². The smallest absolute Gasteiger partial charge is 0.240 e. The Bertz CT molecular complexity index is 422. The Morgan fingerprint density at radius 1 is 1.57 bits per heavy atom. The molecule has 1 aromatic heterocycles. The van der Waals surface area contributed by atoms with Crippen LogP contribution < -0.4 is 5.43 Å². The van der Waals surface area contributed by atoms with Gasteiger partial charge >= 0.3 is 0 Å². The van der Waals surface area contributed by atoms with Crippen molar-refractivity contribution in [2.75, 3.05) is 0 Å². The average molecular weight is 206 g/mol. The van der Waals surface area contributed by atoms with Gasteiger partial charge in [0.15, 0.2) is 0 Å². The highest BCUT2D eigenvalue weighted by Gasteiger charge is 2.30. The van der Waals surface area contributed by atoms with Gasteiger partial charge in [-0.05, 0) is 24.3 Å². The van der Waals surface area contributed by atoms with Crippen LogP contribution in [0.5, 0.6) is 0 Å². The van der Waals surface area contributed by atoms with E-state index in [1.165, 1.54) is 10.4 Å². The second-order valence-corrected chi connectivity index (χ2v) is 4.73. The van der Waals surface area contributed by atoms with Crippen molar-refractivity contribution in [3.8, 4) is 0 Å². The van der Waals surface area contributed by atoms with Gasteiger partial charge in [-0.1, -0.05) is 0 Å². The molecule has 0 radical (unpaired) electrons. The summed E-state index contributed by atoms with van der Waals surface area (Å²) in [5, 5.41) is 6.27. The molecule has 0 spiro atoms. The molecule has 1 unspecified atom stereocenters. The Morgan fingerprint density at radius 3 is 3.43 bits per heavy atom. The lowest BCUT2D eigenvalue weighted by atomic mass is 9.83. The second-order valence-electron chi connectivity index (χ2n) is 3.73. The van der Waals surface area contributed by atoms with Crippen molar-refractivity contribution in [3.63, 3.8) is 0 Å². The van der Waals surface area contributed by atoms with Crippen LogP contribution in [0, 0.1) is 5.92 Å². The third kappa shape index (κ3) is 1.10. The fraction of sp³-hybridized carbons (Fsp3) is 0.400. The third-order valence-electron chi connectivity index (χ3n) is 2.86. The Balaban J connectivity index is 2.08. The zero-order chi connectivity index (χ0) is 9.54. The minimum atomic E-state index is 0.0532.